The van der Waals surface area contributed by atoms with E-state index in [1.54, 1.807) is 0 Å². The third kappa shape index (κ3) is 3.74. The molecule has 1 saturated carbocycles. The number of carbonyl (C=O) groups is 1. The van der Waals surface area contributed by atoms with Crippen LogP contribution in [0.3, 0.4) is 0 Å². The molecule has 1 aromatic rings. The molecule has 0 spiro atoms. The second-order valence-corrected chi connectivity index (χ2v) is 8.35. The van der Waals surface area contributed by atoms with Gasteiger partial charge in [-0.1, -0.05) is 60.6 Å². The SMILES string of the molecule is CC(C)c1cc(C(C)C)c([C@H](C)O[C@@H]2CC(=O)[C@@H]2C)c(C(C)C)c1. The van der Waals surface area contributed by atoms with Gasteiger partial charge in [-0.25, -0.2) is 0 Å². The third-order valence-electron chi connectivity index (χ3n) is 5.43. The van der Waals surface area contributed by atoms with Gasteiger partial charge < -0.3 is 4.74 Å². The summed E-state index contributed by atoms with van der Waals surface area (Å²) in [7, 11) is 0. The summed E-state index contributed by atoms with van der Waals surface area (Å²) in [5.74, 6) is 1.82. The number of carbonyl (C=O) groups excluding carboxylic acids is 1. The fraction of sp³-hybridized carbons (Fsp3) is 0.682. The first kappa shape index (κ1) is 19.2. The zero-order valence-corrected chi connectivity index (χ0v) is 16.6. The molecule has 0 heterocycles. The lowest BCUT2D eigenvalue weighted by atomic mass is 9.80. The molecule has 0 aromatic heterocycles. The average Bonchev–Trinajstić information content (AvgIpc) is 2.52. The summed E-state index contributed by atoms with van der Waals surface area (Å²) < 4.78 is 6.32. The Labute approximate surface area is 148 Å². The highest BCUT2D eigenvalue weighted by Crippen LogP contribution is 2.39. The van der Waals surface area contributed by atoms with Crippen LogP contribution in [0.15, 0.2) is 12.1 Å². The molecular weight excluding hydrogens is 296 g/mol. The molecule has 24 heavy (non-hydrogen) atoms. The fourth-order valence-electron chi connectivity index (χ4n) is 3.59. The van der Waals surface area contributed by atoms with E-state index in [1.165, 1.54) is 22.3 Å². The zero-order valence-electron chi connectivity index (χ0n) is 16.6. The average molecular weight is 331 g/mol. The van der Waals surface area contributed by atoms with Crippen LogP contribution in [0.2, 0.25) is 0 Å². The van der Waals surface area contributed by atoms with Crippen molar-refractivity contribution in [2.45, 2.75) is 91.8 Å². The lowest BCUT2D eigenvalue weighted by Gasteiger charge is -2.36. The first-order valence-electron chi connectivity index (χ1n) is 9.49. The third-order valence-corrected chi connectivity index (χ3v) is 5.43. The topological polar surface area (TPSA) is 26.3 Å². The van der Waals surface area contributed by atoms with E-state index >= 15 is 0 Å². The minimum absolute atomic E-state index is 0.0292. The Hall–Kier alpha value is -1.15. The largest absolute Gasteiger partial charge is 0.369 e. The molecule has 2 rings (SSSR count). The van der Waals surface area contributed by atoms with Gasteiger partial charge >= 0.3 is 0 Å². The van der Waals surface area contributed by atoms with E-state index in [9.17, 15) is 4.79 Å². The Morgan fingerprint density at radius 3 is 1.75 bits per heavy atom. The molecule has 1 aliphatic rings. The molecule has 0 unspecified atom stereocenters. The molecule has 0 N–H and O–H groups in total. The molecule has 134 valence electrons. The highest BCUT2D eigenvalue weighted by Gasteiger charge is 2.38. The minimum atomic E-state index is 0.0292. The van der Waals surface area contributed by atoms with Gasteiger partial charge in [0, 0.05) is 12.3 Å². The fourth-order valence-corrected chi connectivity index (χ4v) is 3.59. The number of hydrogen-bond donors (Lipinski definition) is 0. The Bertz CT molecular complexity index is 569. The van der Waals surface area contributed by atoms with E-state index in [0.29, 0.717) is 30.0 Å². The van der Waals surface area contributed by atoms with E-state index in [4.69, 9.17) is 4.74 Å². The summed E-state index contributed by atoms with van der Waals surface area (Å²) in [6.07, 6.45) is 0.683. The molecule has 0 radical (unpaired) electrons. The summed E-state index contributed by atoms with van der Waals surface area (Å²) in [6.45, 7) is 17.7. The molecule has 0 bridgehead atoms. The maximum absolute atomic E-state index is 11.5. The second kappa shape index (κ2) is 7.39. The van der Waals surface area contributed by atoms with Crippen LogP contribution < -0.4 is 0 Å². The van der Waals surface area contributed by atoms with Crippen molar-refractivity contribution in [1.29, 1.82) is 0 Å². The minimum Gasteiger partial charge on any atom is -0.369 e. The van der Waals surface area contributed by atoms with E-state index in [2.05, 4.69) is 60.6 Å². The van der Waals surface area contributed by atoms with E-state index in [1.807, 2.05) is 6.92 Å². The maximum Gasteiger partial charge on any atom is 0.140 e. The monoisotopic (exact) mass is 330 g/mol. The summed E-state index contributed by atoms with van der Waals surface area (Å²) in [5.41, 5.74) is 5.55. The van der Waals surface area contributed by atoms with Crippen LogP contribution in [0.1, 0.15) is 108 Å². The predicted molar refractivity (Wildman–Crippen MR) is 101 cm³/mol. The maximum atomic E-state index is 11.5. The van der Waals surface area contributed by atoms with Gasteiger partial charge in [-0.15, -0.1) is 0 Å². The second-order valence-electron chi connectivity index (χ2n) is 8.35. The van der Waals surface area contributed by atoms with Gasteiger partial charge in [0.25, 0.3) is 0 Å². The normalized spacial score (nSPS) is 22.4. The first-order valence-corrected chi connectivity index (χ1v) is 9.49. The molecule has 1 fully saturated rings. The predicted octanol–water partition coefficient (Wildman–Crippen LogP) is 6.11. The van der Waals surface area contributed by atoms with Crippen LogP contribution in [0, 0.1) is 5.92 Å². The molecule has 1 aliphatic carbocycles. The van der Waals surface area contributed by atoms with Crippen molar-refractivity contribution in [2.75, 3.05) is 0 Å². The quantitative estimate of drug-likeness (QED) is 0.629. The Kier molecular flexibility index (Phi) is 5.91. The van der Waals surface area contributed by atoms with Crippen molar-refractivity contribution in [3.8, 4) is 0 Å². The summed E-state index contributed by atoms with van der Waals surface area (Å²) in [6, 6.07) is 4.73. The summed E-state index contributed by atoms with van der Waals surface area (Å²) in [4.78, 5) is 11.5. The van der Waals surface area contributed by atoms with Gasteiger partial charge in [0.15, 0.2) is 0 Å². The number of Topliss-reactive ketones (excluding diaryl/α,β-unsaturated/α-hetero) is 1. The van der Waals surface area contributed by atoms with Gasteiger partial charge in [0.1, 0.15) is 5.78 Å². The zero-order chi connectivity index (χ0) is 18.2. The Morgan fingerprint density at radius 1 is 0.917 bits per heavy atom. The van der Waals surface area contributed by atoms with Crippen LogP contribution >= 0.6 is 0 Å². The van der Waals surface area contributed by atoms with Gasteiger partial charge in [-0.2, -0.15) is 0 Å². The van der Waals surface area contributed by atoms with E-state index < -0.39 is 0 Å². The summed E-state index contributed by atoms with van der Waals surface area (Å²) >= 11 is 0. The molecular formula is C22H34O2. The number of ketones is 1. The van der Waals surface area contributed by atoms with Gasteiger partial charge in [-0.05, 0) is 46.9 Å². The molecule has 0 aliphatic heterocycles. The van der Waals surface area contributed by atoms with E-state index in [-0.39, 0.29) is 18.1 Å². The Morgan fingerprint density at radius 2 is 1.42 bits per heavy atom. The molecule has 2 nitrogen and oxygen atoms in total. The molecule has 0 saturated heterocycles. The summed E-state index contributed by atoms with van der Waals surface area (Å²) in [5, 5.41) is 0. The van der Waals surface area contributed by atoms with Crippen molar-refractivity contribution in [3.05, 3.63) is 34.4 Å². The first-order chi connectivity index (χ1) is 11.1. The van der Waals surface area contributed by atoms with E-state index in [0.717, 1.165) is 0 Å². The molecule has 1 aromatic carbocycles. The van der Waals surface area contributed by atoms with Crippen molar-refractivity contribution in [2.24, 2.45) is 5.92 Å². The van der Waals surface area contributed by atoms with Crippen molar-refractivity contribution < 1.29 is 9.53 Å². The van der Waals surface area contributed by atoms with Gasteiger partial charge in [-0.3, -0.25) is 4.79 Å². The number of ether oxygens (including phenoxy) is 1. The van der Waals surface area contributed by atoms with Crippen LogP contribution in [0.25, 0.3) is 0 Å². The van der Waals surface area contributed by atoms with Crippen LogP contribution in [-0.4, -0.2) is 11.9 Å². The molecule has 3 atom stereocenters. The highest BCUT2D eigenvalue weighted by molar-refractivity contribution is 5.87. The smallest absolute Gasteiger partial charge is 0.140 e. The van der Waals surface area contributed by atoms with Crippen molar-refractivity contribution in [1.82, 2.24) is 0 Å². The van der Waals surface area contributed by atoms with Crippen LogP contribution in [0.4, 0.5) is 0 Å². The van der Waals surface area contributed by atoms with Crippen LogP contribution in [-0.2, 0) is 9.53 Å². The standard InChI is InChI=1S/C22H34O2/c1-12(2)17-9-18(13(3)4)22(19(10-17)14(5)6)16(8)24-21-11-20(23)15(21)7/h9-10,12-16,21H,11H2,1-8H3/t15-,16-,21+/m0/s1. The lowest BCUT2D eigenvalue weighted by Crippen LogP contribution is -2.42. The molecule has 0 amide bonds. The number of rotatable bonds is 6. The lowest BCUT2D eigenvalue weighted by molar-refractivity contribution is -0.149. The van der Waals surface area contributed by atoms with Crippen molar-refractivity contribution >= 4 is 5.78 Å². The van der Waals surface area contributed by atoms with Crippen LogP contribution in [0.5, 0.6) is 0 Å². The number of hydrogen-bond acceptors (Lipinski definition) is 2. The molecule has 2 heteroatoms. The Balaban J connectivity index is 2.43. The van der Waals surface area contributed by atoms with Gasteiger partial charge in [0.2, 0.25) is 0 Å². The highest BCUT2D eigenvalue weighted by atomic mass is 16.5. The van der Waals surface area contributed by atoms with Crippen molar-refractivity contribution in [3.63, 3.8) is 0 Å². The van der Waals surface area contributed by atoms with Gasteiger partial charge in [0.05, 0.1) is 12.2 Å². The number of benzene rings is 1.